The van der Waals surface area contributed by atoms with E-state index in [1.165, 1.54) is 11.6 Å². The van der Waals surface area contributed by atoms with Gasteiger partial charge in [0.25, 0.3) is 0 Å². The molecular formula is C22H27NO2Se. The average Bonchev–Trinajstić information content (AvgIpc) is 2.96. The molecule has 2 aromatic rings. The molecule has 1 saturated heterocycles. The van der Waals surface area contributed by atoms with Crippen LogP contribution in [0.1, 0.15) is 31.9 Å². The predicted molar refractivity (Wildman–Crippen MR) is 107 cm³/mol. The molecule has 0 unspecified atom stereocenters. The Morgan fingerprint density at radius 1 is 1.15 bits per heavy atom. The van der Waals surface area contributed by atoms with Gasteiger partial charge in [0.1, 0.15) is 0 Å². The molecular weight excluding hydrogens is 389 g/mol. The van der Waals surface area contributed by atoms with E-state index in [4.69, 9.17) is 4.74 Å². The van der Waals surface area contributed by atoms with Crippen molar-refractivity contribution in [3.63, 3.8) is 0 Å². The monoisotopic (exact) mass is 417 g/mol. The van der Waals surface area contributed by atoms with Gasteiger partial charge >= 0.3 is 163 Å². The SMILES string of the molecule is COC(=O)[C@@H](c1ccccc1)N1CC(C)(C)C[C@H]1C[Se]c1ccccc1. The van der Waals surface area contributed by atoms with E-state index < -0.39 is 0 Å². The van der Waals surface area contributed by atoms with E-state index in [0.29, 0.717) is 21.0 Å². The van der Waals surface area contributed by atoms with Crippen molar-refractivity contribution in [3.05, 3.63) is 66.2 Å². The maximum atomic E-state index is 12.7. The molecule has 0 amide bonds. The van der Waals surface area contributed by atoms with E-state index in [0.717, 1.165) is 23.8 Å². The summed E-state index contributed by atoms with van der Waals surface area (Å²) in [7, 11) is 1.49. The Hall–Kier alpha value is -1.61. The van der Waals surface area contributed by atoms with Gasteiger partial charge in [0.05, 0.1) is 0 Å². The van der Waals surface area contributed by atoms with Crippen molar-refractivity contribution >= 4 is 25.4 Å². The minimum atomic E-state index is -0.320. The van der Waals surface area contributed by atoms with E-state index >= 15 is 0 Å². The number of nitrogens with zero attached hydrogens (tertiary/aromatic N) is 1. The Morgan fingerprint density at radius 3 is 2.38 bits per heavy atom. The van der Waals surface area contributed by atoms with Crippen molar-refractivity contribution < 1.29 is 9.53 Å². The molecule has 0 spiro atoms. The van der Waals surface area contributed by atoms with Crippen LogP contribution in [-0.2, 0) is 9.53 Å². The van der Waals surface area contributed by atoms with Crippen molar-refractivity contribution in [1.82, 2.24) is 4.90 Å². The molecule has 1 fully saturated rings. The van der Waals surface area contributed by atoms with Crippen molar-refractivity contribution in [3.8, 4) is 0 Å². The Kier molecular flexibility index (Phi) is 6.18. The predicted octanol–water partition coefficient (Wildman–Crippen LogP) is 3.45. The van der Waals surface area contributed by atoms with E-state index in [9.17, 15) is 4.79 Å². The topological polar surface area (TPSA) is 29.5 Å². The number of carbonyl (C=O) groups is 1. The molecule has 0 N–H and O–H groups in total. The fourth-order valence-corrected chi connectivity index (χ4v) is 6.01. The first kappa shape index (κ1) is 19.2. The van der Waals surface area contributed by atoms with Crippen LogP contribution in [0.15, 0.2) is 60.7 Å². The number of ether oxygens (including phenoxy) is 1. The van der Waals surface area contributed by atoms with Gasteiger partial charge in [-0.25, -0.2) is 0 Å². The van der Waals surface area contributed by atoms with Crippen LogP contribution in [0.3, 0.4) is 0 Å². The number of benzene rings is 2. The van der Waals surface area contributed by atoms with Crippen LogP contribution in [0.5, 0.6) is 0 Å². The number of rotatable bonds is 6. The van der Waals surface area contributed by atoms with E-state index in [1.807, 2.05) is 30.3 Å². The third-order valence-electron chi connectivity index (χ3n) is 4.92. The first-order chi connectivity index (χ1) is 12.5. The van der Waals surface area contributed by atoms with Crippen LogP contribution >= 0.6 is 0 Å². The summed E-state index contributed by atoms with van der Waals surface area (Å²) in [5.74, 6) is -0.161. The first-order valence-corrected chi connectivity index (χ1v) is 11.1. The molecule has 1 heterocycles. The second-order valence-electron chi connectivity index (χ2n) is 7.65. The van der Waals surface area contributed by atoms with Gasteiger partial charge < -0.3 is 0 Å². The molecule has 3 nitrogen and oxygen atoms in total. The Labute approximate surface area is 162 Å². The Bertz CT molecular complexity index is 717. The molecule has 2 aromatic carbocycles. The van der Waals surface area contributed by atoms with Gasteiger partial charge in [-0.3, -0.25) is 0 Å². The van der Waals surface area contributed by atoms with Gasteiger partial charge in [0.15, 0.2) is 0 Å². The molecule has 0 aliphatic carbocycles. The average molecular weight is 416 g/mol. The summed E-state index contributed by atoms with van der Waals surface area (Å²) in [6.45, 7) is 5.51. The first-order valence-electron chi connectivity index (χ1n) is 9.06. The molecule has 0 radical (unpaired) electrons. The zero-order valence-corrected chi connectivity index (χ0v) is 17.4. The number of likely N-dealkylation sites (tertiary alicyclic amines) is 1. The third kappa shape index (κ3) is 4.56. The summed E-state index contributed by atoms with van der Waals surface area (Å²) < 4.78 is 6.60. The van der Waals surface area contributed by atoms with Gasteiger partial charge in [-0.2, -0.15) is 0 Å². The van der Waals surface area contributed by atoms with Crippen molar-refractivity contribution in [2.45, 2.75) is 37.7 Å². The standard InChI is InChI=1S/C22H27NO2Se/c1-22(2)14-18(15-26-19-12-8-5-9-13-19)23(16-22)20(21(24)25-3)17-10-6-4-7-11-17/h4-13,18,20H,14-16H2,1-3H3/t18-,20+/m0/s1. The van der Waals surface area contributed by atoms with Gasteiger partial charge in [0.2, 0.25) is 0 Å². The molecule has 1 aliphatic rings. The minimum absolute atomic E-state index is 0.161. The molecule has 26 heavy (non-hydrogen) atoms. The van der Waals surface area contributed by atoms with Gasteiger partial charge in [-0.1, -0.05) is 0 Å². The summed E-state index contributed by atoms with van der Waals surface area (Å²) >= 11 is 0.405. The Morgan fingerprint density at radius 2 is 1.77 bits per heavy atom. The molecule has 0 saturated carbocycles. The zero-order chi connectivity index (χ0) is 18.6. The number of hydrogen-bond acceptors (Lipinski definition) is 3. The fraction of sp³-hybridized carbons (Fsp3) is 0.409. The van der Waals surface area contributed by atoms with Crippen LogP contribution in [-0.4, -0.2) is 45.5 Å². The third-order valence-corrected chi connectivity index (χ3v) is 7.35. The molecule has 138 valence electrons. The van der Waals surface area contributed by atoms with Gasteiger partial charge in [-0.15, -0.1) is 0 Å². The van der Waals surface area contributed by atoms with E-state index in [-0.39, 0.29) is 17.4 Å². The number of esters is 1. The molecule has 0 aromatic heterocycles. The van der Waals surface area contributed by atoms with Crippen molar-refractivity contribution in [2.24, 2.45) is 5.41 Å². The molecule has 1 aliphatic heterocycles. The van der Waals surface area contributed by atoms with Crippen LogP contribution < -0.4 is 4.46 Å². The van der Waals surface area contributed by atoms with Crippen LogP contribution in [0.2, 0.25) is 5.32 Å². The molecule has 0 bridgehead atoms. The molecule has 2 atom stereocenters. The number of methoxy groups -OCH3 is 1. The van der Waals surface area contributed by atoms with Crippen LogP contribution in [0.4, 0.5) is 0 Å². The molecule has 3 rings (SSSR count). The number of hydrogen-bond donors (Lipinski definition) is 0. The van der Waals surface area contributed by atoms with Gasteiger partial charge in [-0.05, 0) is 0 Å². The summed E-state index contributed by atoms with van der Waals surface area (Å²) in [5, 5.41) is 1.11. The fourth-order valence-electron chi connectivity index (χ4n) is 3.82. The summed E-state index contributed by atoms with van der Waals surface area (Å²) in [6, 6.07) is 20.8. The zero-order valence-electron chi connectivity index (χ0n) is 15.7. The summed E-state index contributed by atoms with van der Waals surface area (Å²) in [6.07, 6.45) is 1.11. The van der Waals surface area contributed by atoms with Gasteiger partial charge in [0, 0.05) is 0 Å². The van der Waals surface area contributed by atoms with E-state index in [2.05, 4.69) is 49.1 Å². The summed E-state index contributed by atoms with van der Waals surface area (Å²) in [5.41, 5.74) is 1.23. The molecule has 4 heteroatoms. The second kappa shape index (κ2) is 8.39. The van der Waals surface area contributed by atoms with Crippen LogP contribution in [0.25, 0.3) is 0 Å². The number of carbonyl (C=O) groups excluding carboxylic acids is 1. The maximum absolute atomic E-state index is 12.7. The second-order valence-corrected chi connectivity index (χ2v) is 9.95. The van der Waals surface area contributed by atoms with Crippen LogP contribution in [0, 0.1) is 5.41 Å². The Balaban J connectivity index is 1.84. The normalized spacial score (nSPS) is 20.7. The van der Waals surface area contributed by atoms with E-state index in [1.54, 1.807) is 0 Å². The quantitative estimate of drug-likeness (QED) is 0.534. The summed E-state index contributed by atoms with van der Waals surface area (Å²) in [4.78, 5) is 15.1. The van der Waals surface area contributed by atoms with Crippen molar-refractivity contribution in [1.29, 1.82) is 0 Å². The van der Waals surface area contributed by atoms with Crippen molar-refractivity contribution in [2.75, 3.05) is 13.7 Å².